The SMILES string of the molecule is CC(C)(c1ccccc1)c1ccc(O)c(C(C)(C)c2ccccc2)c1C(C)(C)c1ccccc1.CC(C)(c1ccccc1)c1ccc(O)c(C(C)(C)c2ccccc2)c1C(C)(C)c1ccccc1.CC(C)(c1ccccc1)c1ccc(O)c(C(C)(C)c2ccccc2)c1C(C)(C)c1ccccc1.CC(C)(c1ccccc1)c1ccc(O)c(C(C)(C)c2ccccc2)c1C(C)(C)c1ccccc1.[Ti]. The zero-order chi connectivity index (χ0) is 98.2. The monoisotopic (exact) mass is 1840 g/mol. The van der Waals surface area contributed by atoms with Gasteiger partial charge in [-0.3, -0.25) is 0 Å². The van der Waals surface area contributed by atoms with Gasteiger partial charge in [0.1, 0.15) is 23.0 Å². The standard InChI is InChI=1S/4C33H36O.Ti/c4*1-31(2,24-16-10-7-11-17-24)27-22-23-28(34)30(33(5,6)26-20-14-9-15-21-26)29(27)32(3,4)25-18-12-8-13-19-25;/h4*7-23,34H,1-6H3;. The fourth-order valence-electron chi connectivity index (χ4n) is 21.6. The van der Waals surface area contributed by atoms with E-state index in [0.29, 0.717) is 23.0 Å². The Morgan fingerprint density at radius 3 is 0.299 bits per heavy atom. The van der Waals surface area contributed by atoms with Crippen LogP contribution in [0.1, 0.15) is 300 Å². The molecule has 16 rings (SSSR count). The largest absolute Gasteiger partial charge is 0.508 e. The summed E-state index contributed by atoms with van der Waals surface area (Å²) >= 11 is 0. The van der Waals surface area contributed by atoms with Gasteiger partial charge in [0.15, 0.2) is 0 Å². The summed E-state index contributed by atoms with van der Waals surface area (Å²) in [4.78, 5) is 0. The summed E-state index contributed by atoms with van der Waals surface area (Å²) < 4.78 is 0. The number of aromatic hydroxyl groups is 4. The maximum Gasteiger partial charge on any atom is 0.119 e. The van der Waals surface area contributed by atoms with Crippen LogP contribution in [-0.2, 0) is 86.7 Å². The van der Waals surface area contributed by atoms with E-state index in [0.717, 1.165) is 22.3 Å². The molecule has 0 amide bonds. The molecule has 0 heterocycles. The second-order valence-electron chi connectivity index (χ2n) is 43.4. The molecule has 5 heteroatoms. The first kappa shape index (κ1) is 103. The average Bonchev–Trinajstić information content (AvgIpc) is 0.736. The van der Waals surface area contributed by atoms with Gasteiger partial charge >= 0.3 is 0 Å². The van der Waals surface area contributed by atoms with E-state index in [4.69, 9.17) is 0 Å². The molecule has 0 aromatic heterocycles. The Labute approximate surface area is 836 Å². The summed E-state index contributed by atoms with van der Waals surface area (Å²) in [5.74, 6) is 1.39. The molecule has 0 saturated heterocycles. The molecule has 0 atom stereocenters. The van der Waals surface area contributed by atoms with E-state index in [1.165, 1.54) is 111 Å². The zero-order valence-corrected chi connectivity index (χ0v) is 87.1. The number of hydrogen-bond donors (Lipinski definition) is 4. The molecule has 0 aliphatic rings. The molecular formula is C132H144O4Ti. The van der Waals surface area contributed by atoms with Gasteiger partial charge in [0, 0.05) is 109 Å². The Hall–Kier alpha value is -12.6. The molecule has 0 saturated carbocycles. The molecule has 0 radical (unpaired) electrons. The molecule has 0 unspecified atom stereocenters. The fraction of sp³-hybridized carbons (Fsp3) is 0.273. The molecule has 4 nitrogen and oxygen atoms in total. The first-order valence-electron chi connectivity index (χ1n) is 48.5. The smallest absolute Gasteiger partial charge is 0.119 e. The summed E-state index contributed by atoms with van der Waals surface area (Å²) in [5.41, 5.74) is 24.5. The summed E-state index contributed by atoms with van der Waals surface area (Å²) in [5, 5.41) is 45.8. The summed E-state index contributed by atoms with van der Waals surface area (Å²) in [6.07, 6.45) is 0. The molecule has 137 heavy (non-hydrogen) atoms. The predicted molar refractivity (Wildman–Crippen MR) is 575 cm³/mol. The van der Waals surface area contributed by atoms with E-state index in [1.54, 1.807) is 0 Å². The summed E-state index contributed by atoms with van der Waals surface area (Å²) in [6, 6.07) is 144. The molecule has 4 N–H and O–H groups in total. The number of phenolic OH excluding ortho intramolecular Hbond substituents is 4. The van der Waals surface area contributed by atoms with Gasteiger partial charge in [-0.25, -0.2) is 0 Å². The Morgan fingerprint density at radius 1 is 0.109 bits per heavy atom. The van der Waals surface area contributed by atoms with E-state index >= 15 is 0 Å². The van der Waals surface area contributed by atoms with Crippen molar-refractivity contribution >= 4 is 0 Å². The van der Waals surface area contributed by atoms with Crippen LogP contribution in [0.15, 0.2) is 413 Å². The van der Waals surface area contributed by atoms with Crippen LogP contribution in [0.2, 0.25) is 0 Å². The van der Waals surface area contributed by atoms with Crippen LogP contribution in [-0.4, -0.2) is 20.4 Å². The second kappa shape index (κ2) is 41.4. The molecule has 0 spiro atoms. The minimum atomic E-state index is -0.393. The predicted octanol–water partition coefficient (Wildman–Crippen LogP) is 33.5. The molecule has 0 bridgehead atoms. The molecule has 0 fully saturated rings. The van der Waals surface area contributed by atoms with Gasteiger partial charge in [0.05, 0.1) is 0 Å². The third-order valence-electron chi connectivity index (χ3n) is 30.4. The van der Waals surface area contributed by atoms with Gasteiger partial charge in [-0.2, -0.15) is 0 Å². The minimum absolute atomic E-state index is 0. The fourth-order valence-corrected chi connectivity index (χ4v) is 21.6. The molecule has 16 aromatic carbocycles. The van der Waals surface area contributed by atoms with Crippen LogP contribution in [0.3, 0.4) is 0 Å². The third kappa shape index (κ3) is 20.9. The van der Waals surface area contributed by atoms with Crippen LogP contribution in [0.25, 0.3) is 0 Å². The van der Waals surface area contributed by atoms with Crippen molar-refractivity contribution in [2.24, 2.45) is 0 Å². The minimum Gasteiger partial charge on any atom is -0.508 e. The molecule has 700 valence electrons. The second-order valence-corrected chi connectivity index (χ2v) is 43.4. The van der Waals surface area contributed by atoms with Gasteiger partial charge < -0.3 is 20.4 Å². The van der Waals surface area contributed by atoms with Gasteiger partial charge in [-0.05, 0) is 136 Å². The van der Waals surface area contributed by atoms with Crippen LogP contribution in [0.5, 0.6) is 23.0 Å². The van der Waals surface area contributed by atoms with Crippen molar-refractivity contribution in [1.29, 1.82) is 0 Å². The van der Waals surface area contributed by atoms with Crippen molar-refractivity contribution in [3.05, 3.63) is 546 Å². The van der Waals surface area contributed by atoms with Crippen molar-refractivity contribution in [3.8, 4) is 23.0 Å². The topological polar surface area (TPSA) is 80.9 Å². The Kier molecular flexibility index (Phi) is 31.2. The first-order valence-corrected chi connectivity index (χ1v) is 48.5. The van der Waals surface area contributed by atoms with Crippen molar-refractivity contribution in [1.82, 2.24) is 0 Å². The Morgan fingerprint density at radius 2 is 0.197 bits per heavy atom. The Bertz CT molecular complexity index is 5830. The maximum absolute atomic E-state index is 11.5. The maximum atomic E-state index is 11.5. The average molecular weight is 1840 g/mol. The number of hydrogen-bond acceptors (Lipinski definition) is 4. The van der Waals surface area contributed by atoms with Crippen molar-refractivity contribution < 1.29 is 42.1 Å². The van der Waals surface area contributed by atoms with E-state index in [1.807, 2.05) is 48.5 Å². The van der Waals surface area contributed by atoms with Crippen LogP contribution in [0.4, 0.5) is 0 Å². The van der Waals surface area contributed by atoms with E-state index in [-0.39, 0.29) is 65.0 Å². The van der Waals surface area contributed by atoms with Gasteiger partial charge in [-0.15, -0.1) is 0 Å². The van der Waals surface area contributed by atoms with Crippen LogP contribution < -0.4 is 0 Å². The quantitative estimate of drug-likeness (QED) is 0.0455. The van der Waals surface area contributed by atoms with Crippen LogP contribution in [0, 0.1) is 0 Å². The number of rotatable bonds is 24. The Balaban J connectivity index is 0.000000164. The number of phenols is 4. The van der Waals surface area contributed by atoms with E-state index < -0.39 is 21.7 Å². The van der Waals surface area contributed by atoms with E-state index in [2.05, 4.69) is 530 Å². The normalized spacial score (nSPS) is 12.4. The van der Waals surface area contributed by atoms with Crippen molar-refractivity contribution in [2.45, 2.75) is 231 Å². The van der Waals surface area contributed by atoms with Gasteiger partial charge in [0.25, 0.3) is 0 Å². The molecule has 16 aromatic rings. The van der Waals surface area contributed by atoms with Crippen molar-refractivity contribution in [3.63, 3.8) is 0 Å². The molecule has 0 aliphatic carbocycles. The van der Waals surface area contributed by atoms with Crippen molar-refractivity contribution in [2.75, 3.05) is 0 Å². The van der Waals surface area contributed by atoms with E-state index in [9.17, 15) is 20.4 Å². The third-order valence-corrected chi connectivity index (χ3v) is 30.4. The summed E-state index contributed by atoms with van der Waals surface area (Å²) in [7, 11) is 0. The van der Waals surface area contributed by atoms with Gasteiger partial charge in [0.2, 0.25) is 0 Å². The molecule has 0 aliphatic heterocycles. The van der Waals surface area contributed by atoms with Gasteiger partial charge in [-0.1, -0.05) is 554 Å². The zero-order valence-electron chi connectivity index (χ0n) is 85.5. The first-order chi connectivity index (χ1) is 64.3. The number of benzene rings is 16. The van der Waals surface area contributed by atoms with Crippen LogP contribution >= 0.6 is 0 Å². The molecular weight excluding hydrogens is 1700 g/mol. The summed E-state index contributed by atoms with van der Waals surface area (Å²) in [6.45, 7) is 54.4.